The summed E-state index contributed by atoms with van der Waals surface area (Å²) in [5.41, 5.74) is -0.110. The van der Waals surface area contributed by atoms with Crippen LogP contribution in [-0.2, 0) is 9.59 Å². The van der Waals surface area contributed by atoms with Gasteiger partial charge in [0.25, 0.3) is 5.91 Å². The number of carbonyl (C=O) groups is 2. The Bertz CT molecular complexity index is 295. The van der Waals surface area contributed by atoms with Crippen molar-refractivity contribution >= 4 is 11.7 Å². The van der Waals surface area contributed by atoms with Crippen LogP contribution in [0.1, 0.15) is 27.7 Å². The molecule has 0 aliphatic rings. The Morgan fingerprint density at radius 2 is 1.57 bits per heavy atom. The lowest BCUT2D eigenvalue weighted by molar-refractivity contribution is -0.122. The Morgan fingerprint density at radius 1 is 1.14 bits per heavy atom. The summed E-state index contributed by atoms with van der Waals surface area (Å²) >= 11 is 0. The largest absolute Gasteiger partial charge is 0.347 e. The summed E-state index contributed by atoms with van der Waals surface area (Å²) in [6.45, 7) is 14.0. The molecule has 0 heterocycles. The molecule has 0 fully saturated rings. The van der Waals surface area contributed by atoms with Crippen LogP contribution < -0.4 is 5.32 Å². The first-order valence-electron chi connectivity index (χ1n) is 4.37. The fourth-order valence-corrected chi connectivity index (χ4v) is 0.777. The summed E-state index contributed by atoms with van der Waals surface area (Å²) in [5, 5.41) is 2.65. The van der Waals surface area contributed by atoms with Crippen molar-refractivity contribution in [3.8, 4) is 0 Å². The number of nitrogens with one attached hydrogen (secondary N) is 1. The molecule has 0 aromatic rings. The molecule has 0 bridgehead atoms. The van der Waals surface area contributed by atoms with Crippen LogP contribution in [0.2, 0.25) is 0 Å². The summed E-state index contributed by atoms with van der Waals surface area (Å²) in [7, 11) is 0. The van der Waals surface area contributed by atoms with Gasteiger partial charge in [-0.3, -0.25) is 9.59 Å². The van der Waals surface area contributed by atoms with Gasteiger partial charge in [-0.15, -0.1) is 0 Å². The predicted octanol–water partition coefficient (Wildman–Crippen LogP) is 1.60. The molecule has 14 heavy (non-hydrogen) atoms. The van der Waals surface area contributed by atoms with E-state index in [1.165, 1.54) is 0 Å². The van der Waals surface area contributed by atoms with Gasteiger partial charge < -0.3 is 5.32 Å². The minimum absolute atomic E-state index is 0.0626. The van der Waals surface area contributed by atoms with Crippen LogP contribution in [-0.4, -0.2) is 17.2 Å². The van der Waals surface area contributed by atoms with Crippen molar-refractivity contribution in [3.63, 3.8) is 0 Å². The van der Waals surface area contributed by atoms with Crippen molar-refractivity contribution in [1.82, 2.24) is 5.32 Å². The second kappa shape index (κ2) is 4.22. The van der Waals surface area contributed by atoms with Crippen LogP contribution in [0.25, 0.3) is 0 Å². The molecule has 0 saturated carbocycles. The molecule has 0 rings (SSSR count). The normalized spacial score (nSPS) is 10.6. The van der Waals surface area contributed by atoms with Gasteiger partial charge in [0.05, 0.1) is 5.57 Å². The van der Waals surface area contributed by atoms with Gasteiger partial charge in [-0.25, -0.2) is 0 Å². The summed E-state index contributed by atoms with van der Waals surface area (Å²) < 4.78 is 0. The lowest BCUT2D eigenvalue weighted by atomic mass is 10.0. The standard InChI is InChI=1S/C11H17NO2/c1-7(2)9(13)8(3)10(14)12-11(4,5)6/h1,3H2,2,4-6H3,(H,12,14). The maximum absolute atomic E-state index is 11.4. The number of allylic oxidation sites excluding steroid dienone is 1. The number of ketones is 1. The lowest BCUT2D eigenvalue weighted by Crippen LogP contribution is -2.42. The van der Waals surface area contributed by atoms with Crippen molar-refractivity contribution in [2.75, 3.05) is 0 Å². The van der Waals surface area contributed by atoms with Crippen molar-refractivity contribution in [1.29, 1.82) is 0 Å². The van der Waals surface area contributed by atoms with E-state index in [2.05, 4.69) is 18.5 Å². The van der Waals surface area contributed by atoms with Gasteiger partial charge in [0.2, 0.25) is 0 Å². The number of hydrogen-bond acceptors (Lipinski definition) is 2. The quantitative estimate of drug-likeness (QED) is 0.422. The number of amides is 1. The third-order valence-corrected chi connectivity index (χ3v) is 1.42. The van der Waals surface area contributed by atoms with Crippen molar-refractivity contribution in [3.05, 3.63) is 24.3 Å². The van der Waals surface area contributed by atoms with E-state index < -0.39 is 11.7 Å². The Balaban J connectivity index is 4.51. The predicted molar refractivity (Wildman–Crippen MR) is 56.9 cm³/mol. The topological polar surface area (TPSA) is 46.2 Å². The highest BCUT2D eigenvalue weighted by Crippen LogP contribution is 2.05. The fraction of sp³-hybridized carbons (Fsp3) is 0.455. The lowest BCUT2D eigenvalue weighted by Gasteiger charge is -2.20. The number of rotatable bonds is 3. The van der Waals surface area contributed by atoms with Crippen LogP contribution >= 0.6 is 0 Å². The van der Waals surface area contributed by atoms with Gasteiger partial charge in [-0.05, 0) is 33.3 Å². The van der Waals surface area contributed by atoms with E-state index in [-0.39, 0.29) is 11.1 Å². The molecule has 78 valence electrons. The molecule has 1 amide bonds. The molecule has 0 saturated heterocycles. The molecular formula is C11H17NO2. The summed E-state index contributed by atoms with van der Waals surface area (Å²) in [4.78, 5) is 22.7. The zero-order valence-electron chi connectivity index (χ0n) is 9.23. The third kappa shape index (κ3) is 4.03. The molecule has 0 aromatic heterocycles. The molecule has 1 N–H and O–H groups in total. The second-order valence-corrected chi connectivity index (χ2v) is 4.29. The highest BCUT2D eigenvalue weighted by atomic mass is 16.2. The zero-order chi connectivity index (χ0) is 11.5. The minimum atomic E-state index is -0.439. The molecule has 0 aromatic carbocycles. The van der Waals surface area contributed by atoms with E-state index in [4.69, 9.17) is 0 Å². The Labute approximate surface area is 84.9 Å². The fourth-order valence-electron chi connectivity index (χ4n) is 0.777. The van der Waals surface area contributed by atoms with Gasteiger partial charge in [0.1, 0.15) is 0 Å². The van der Waals surface area contributed by atoms with Crippen molar-refractivity contribution in [2.24, 2.45) is 0 Å². The van der Waals surface area contributed by atoms with E-state index in [1.54, 1.807) is 6.92 Å². The smallest absolute Gasteiger partial charge is 0.255 e. The molecule has 3 nitrogen and oxygen atoms in total. The van der Waals surface area contributed by atoms with Gasteiger partial charge in [0.15, 0.2) is 5.78 Å². The van der Waals surface area contributed by atoms with Crippen LogP contribution in [0.15, 0.2) is 24.3 Å². The SMILES string of the molecule is C=C(C)C(=O)C(=C)C(=O)NC(C)(C)C. The average Bonchev–Trinajstić information content (AvgIpc) is 1.98. The third-order valence-electron chi connectivity index (χ3n) is 1.42. The highest BCUT2D eigenvalue weighted by molar-refractivity contribution is 6.24. The first-order chi connectivity index (χ1) is 6.15. The summed E-state index contributed by atoms with van der Waals surface area (Å²) in [5.74, 6) is -0.836. The Morgan fingerprint density at radius 3 is 1.86 bits per heavy atom. The van der Waals surface area contributed by atoms with Crippen molar-refractivity contribution in [2.45, 2.75) is 33.2 Å². The Kier molecular flexibility index (Phi) is 3.81. The van der Waals surface area contributed by atoms with Crippen LogP contribution in [0.3, 0.4) is 0 Å². The first-order valence-corrected chi connectivity index (χ1v) is 4.37. The van der Waals surface area contributed by atoms with Gasteiger partial charge in [-0.2, -0.15) is 0 Å². The Hall–Kier alpha value is -1.38. The van der Waals surface area contributed by atoms with E-state index in [0.717, 1.165) is 0 Å². The zero-order valence-corrected chi connectivity index (χ0v) is 9.23. The molecule has 0 aliphatic heterocycles. The van der Waals surface area contributed by atoms with Crippen LogP contribution in [0, 0.1) is 0 Å². The monoisotopic (exact) mass is 195 g/mol. The minimum Gasteiger partial charge on any atom is -0.347 e. The van der Waals surface area contributed by atoms with Crippen LogP contribution in [0.4, 0.5) is 0 Å². The molecule has 3 heteroatoms. The van der Waals surface area contributed by atoms with Gasteiger partial charge in [-0.1, -0.05) is 13.2 Å². The molecule has 0 radical (unpaired) electrons. The molecule has 0 unspecified atom stereocenters. The molecule has 0 aliphatic carbocycles. The number of Topliss-reactive ketones (excluding diaryl/α,β-unsaturated/α-hetero) is 1. The molecule has 0 atom stereocenters. The second-order valence-electron chi connectivity index (χ2n) is 4.29. The van der Waals surface area contributed by atoms with E-state index >= 15 is 0 Å². The highest BCUT2D eigenvalue weighted by Gasteiger charge is 2.20. The summed E-state index contributed by atoms with van der Waals surface area (Å²) in [6, 6.07) is 0. The molecule has 0 spiro atoms. The van der Waals surface area contributed by atoms with E-state index in [9.17, 15) is 9.59 Å². The number of hydrogen-bond donors (Lipinski definition) is 1. The van der Waals surface area contributed by atoms with Gasteiger partial charge >= 0.3 is 0 Å². The maximum Gasteiger partial charge on any atom is 0.255 e. The van der Waals surface area contributed by atoms with Crippen molar-refractivity contribution < 1.29 is 9.59 Å². The van der Waals surface area contributed by atoms with Crippen LogP contribution in [0.5, 0.6) is 0 Å². The maximum atomic E-state index is 11.4. The first kappa shape index (κ1) is 12.6. The van der Waals surface area contributed by atoms with E-state index in [1.807, 2.05) is 20.8 Å². The molecular weight excluding hydrogens is 178 g/mol. The average molecular weight is 195 g/mol. The summed E-state index contributed by atoms with van der Waals surface area (Å²) in [6.07, 6.45) is 0. The number of carbonyl (C=O) groups excluding carboxylic acids is 2. The van der Waals surface area contributed by atoms with E-state index in [0.29, 0.717) is 5.57 Å². The van der Waals surface area contributed by atoms with Gasteiger partial charge in [0, 0.05) is 5.54 Å².